The van der Waals surface area contributed by atoms with Gasteiger partial charge in [0.15, 0.2) is 0 Å². The van der Waals surface area contributed by atoms with Gasteiger partial charge in [-0.15, -0.1) is 0 Å². The standard InChI is InChI=1S/C23H15N3O3/c24-14-16-8-4-5-9-19(16)29-18-12-10-17(11-13-18)25-21-20(22(27)26-23(21)28)15-6-2-1-3-7-15/h1-13H,(H2,25,26,27,28). The number of nitrogens with one attached hydrogen (secondary N) is 2. The summed E-state index contributed by atoms with van der Waals surface area (Å²) in [7, 11) is 0. The van der Waals surface area contributed by atoms with Crippen LogP contribution >= 0.6 is 0 Å². The highest BCUT2D eigenvalue weighted by Crippen LogP contribution is 2.28. The first-order valence-electron chi connectivity index (χ1n) is 8.85. The molecule has 3 aromatic carbocycles. The van der Waals surface area contributed by atoms with Crippen LogP contribution in [-0.2, 0) is 9.59 Å². The van der Waals surface area contributed by atoms with Gasteiger partial charge in [0.1, 0.15) is 23.3 Å². The van der Waals surface area contributed by atoms with Crippen LogP contribution in [0.15, 0.2) is 84.6 Å². The van der Waals surface area contributed by atoms with Gasteiger partial charge in [-0.3, -0.25) is 14.9 Å². The lowest BCUT2D eigenvalue weighted by Crippen LogP contribution is -2.24. The average molecular weight is 381 g/mol. The summed E-state index contributed by atoms with van der Waals surface area (Å²) in [6.45, 7) is 0. The van der Waals surface area contributed by atoms with Crippen LogP contribution in [0.3, 0.4) is 0 Å². The third-order valence-corrected chi connectivity index (χ3v) is 4.35. The lowest BCUT2D eigenvalue weighted by atomic mass is 10.0. The molecule has 2 amide bonds. The number of imide groups is 1. The zero-order valence-electron chi connectivity index (χ0n) is 15.2. The van der Waals surface area contributed by atoms with Gasteiger partial charge in [-0.25, -0.2) is 0 Å². The van der Waals surface area contributed by atoms with Crippen molar-refractivity contribution in [3.8, 4) is 17.6 Å². The van der Waals surface area contributed by atoms with Crippen LogP contribution in [0.2, 0.25) is 0 Å². The van der Waals surface area contributed by atoms with Crippen molar-refractivity contribution >= 4 is 23.1 Å². The fourth-order valence-corrected chi connectivity index (χ4v) is 2.98. The van der Waals surface area contributed by atoms with Crippen molar-refractivity contribution in [1.29, 1.82) is 5.26 Å². The second-order valence-electron chi connectivity index (χ2n) is 6.26. The molecule has 1 aliphatic rings. The van der Waals surface area contributed by atoms with Crippen molar-refractivity contribution in [2.75, 3.05) is 5.32 Å². The number of hydrogen-bond donors (Lipinski definition) is 2. The smallest absolute Gasteiger partial charge is 0.275 e. The lowest BCUT2D eigenvalue weighted by molar-refractivity contribution is -0.123. The maximum atomic E-state index is 12.2. The fraction of sp³-hybridized carbons (Fsp3) is 0. The van der Waals surface area contributed by atoms with E-state index in [-0.39, 0.29) is 5.70 Å². The number of benzene rings is 3. The zero-order valence-corrected chi connectivity index (χ0v) is 15.2. The molecular formula is C23H15N3O3. The van der Waals surface area contributed by atoms with E-state index in [1.807, 2.05) is 6.07 Å². The molecular weight excluding hydrogens is 366 g/mol. The molecule has 1 heterocycles. The van der Waals surface area contributed by atoms with Crippen LogP contribution in [-0.4, -0.2) is 11.8 Å². The first kappa shape index (κ1) is 18.0. The summed E-state index contributed by atoms with van der Waals surface area (Å²) in [4.78, 5) is 24.5. The van der Waals surface area contributed by atoms with Crippen LogP contribution in [0, 0.1) is 11.3 Å². The second-order valence-corrected chi connectivity index (χ2v) is 6.26. The first-order chi connectivity index (χ1) is 14.2. The van der Waals surface area contributed by atoms with Crippen molar-refractivity contribution in [3.05, 3.63) is 95.7 Å². The Morgan fingerprint density at radius 3 is 2.24 bits per heavy atom. The van der Waals surface area contributed by atoms with Crippen molar-refractivity contribution < 1.29 is 14.3 Å². The molecule has 0 saturated heterocycles. The monoisotopic (exact) mass is 381 g/mol. The van der Waals surface area contributed by atoms with Crippen LogP contribution in [0.1, 0.15) is 11.1 Å². The largest absolute Gasteiger partial charge is 0.456 e. The Labute approximate surface area is 167 Å². The fourth-order valence-electron chi connectivity index (χ4n) is 2.98. The summed E-state index contributed by atoms with van der Waals surface area (Å²) in [6.07, 6.45) is 0. The van der Waals surface area contributed by atoms with Gasteiger partial charge in [-0.05, 0) is 42.0 Å². The molecule has 1 aliphatic heterocycles. The van der Waals surface area contributed by atoms with E-state index in [2.05, 4.69) is 16.7 Å². The summed E-state index contributed by atoms with van der Waals surface area (Å²) < 4.78 is 5.76. The van der Waals surface area contributed by atoms with Gasteiger partial charge in [0.25, 0.3) is 11.8 Å². The van der Waals surface area contributed by atoms with Crippen LogP contribution < -0.4 is 15.4 Å². The van der Waals surface area contributed by atoms with Crippen molar-refractivity contribution in [2.45, 2.75) is 0 Å². The molecule has 6 nitrogen and oxygen atoms in total. The molecule has 4 rings (SSSR count). The number of hydrogen-bond acceptors (Lipinski definition) is 5. The van der Waals surface area contributed by atoms with Crippen molar-refractivity contribution in [3.63, 3.8) is 0 Å². The van der Waals surface area contributed by atoms with Gasteiger partial charge >= 0.3 is 0 Å². The number of carbonyl (C=O) groups excluding carboxylic acids is 2. The highest BCUT2D eigenvalue weighted by molar-refractivity contribution is 6.36. The summed E-state index contributed by atoms with van der Waals surface area (Å²) >= 11 is 0. The zero-order chi connectivity index (χ0) is 20.2. The number of nitrogens with zero attached hydrogens (tertiary/aromatic N) is 1. The minimum absolute atomic E-state index is 0.199. The van der Waals surface area contributed by atoms with E-state index in [1.165, 1.54) is 0 Å². The molecule has 0 aromatic heterocycles. The molecule has 0 bridgehead atoms. The Morgan fingerprint density at radius 2 is 1.52 bits per heavy atom. The van der Waals surface area contributed by atoms with Gasteiger partial charge in [-0.2, -0.15) is 5.26 Å². The second kappa shape index (κ2) is 7.71. The third kappa shape index (κ3) is 3.70. The summed E-state index contributed by atoms with van der Waals surface area (Å²) in [6, 6.07) is 24.9. The highest BCUT2D eigenvalue weighted by atomic mass is 16.5. The predicted molar refractivity (Wildman–Crippen MR) is 108 cm³/mol. The predicted octanol–water partition coefficient (Wildman–Crippen LogP) is 3.83. The van der Waals surface area contributed by atoms with E-state index in [0.29, 0.717) is 33.9 Å². The molecule has 3 aromatic rings. The van der Waals surface area contributed by atoms with E-state index in [1.54, 1.807) is 72.8 Å². The van der Waals surface area contributed by atoms with Gasteiger partial charge in [0.05, 0.1) is 11.1 Å². The Hall–Kier alpha value is -4.37. The normalized spacial score (nSPS) is 13.1. The molecule has 140 valence electrons. The number of para-hydroxylation sites is 1. The first-order valence-corrected chi connectivity index (χ1v) is 8.85. The lowest BCUT2D eigenvalue weighted by Gasteiger charge is -2.10. The van der Waals surface area contributed by atoms with E-state index in [0.717, 1.165) is 0 Å². The minimum Gasteiger partial charge on any atom is -0.456 e. The number of carbonyl (C=O) groups is 2. The van der Waals surface area contributed by atoms with Gasteiger partial charge in [0, 0.05) is 5.69 Å². The summed E-state index contributed by atoms with van der Waals surface area (Å²) in [5.41, 5.74) is 2.22. The molecule has 0 saturated carbocycles. The molecule has 29 heavy (non-hydrogen) atoms. The van der Waals surface area contributed by atoms with Crippen molar-refractivity contribution in [2.24, 2.45) is 0 Å². The van der Waals surface area contributed by atoms with E-state index >= 15 is 0 Å². The molecule has 6 heteroatoms. The average Bonchev–Trinajstić information content (AvgIpc) is 3.03. The van der Waals surface area contributed by atoms with Gasteiger partial charge in [0.2, 0.25) is 0 Å². The Bertz CT molecular complexity index is 1160. The number of amides is 2. The Kier molecular flexibility index (Phi) is 4.79. The van der Waals surface area contributed by atoms with Crippen LogP contribution in [0.5, 0.6) is 11.5 Å². The summed E-state index contributed by atoms with van der Waals surface area (Å²) in [5, 5.41) is 14.5. The minimum atomic E-state index is -0.475. The van der Waals surface area contributed by atoms with Gasteiger partial charge in [-0.1, -0.05) is 42.5 Å². The number of rotatable bonds is 5. The molecule has 2 N–H and O–H groups in total. The molecule has 0 unspecified atom stereocenters. The number of nitriles is 1. The maximum absolute atomic E-state index is 12.2. The SMILES string of the molecule is N#Cc1ccccc1Oc1ccc(NC2=C(c3ccccc3)C(=O)NC2=O)cc1. The highest BCUT2D eigenvalue weighted by Gasteiger charge is 2.31. The van der Waals surface area contributed by atoms with E-state index in [9.17, 15) is 9.59 Å². The molecule has 0 spiro atoms. The third-order valence-electron chi connectivity index (χ3n) is 4.35. The quantitative estimate of drug-likeness (QED) is 0.656. The van der Waals surface area contributed by atoms with Crippen LogP contribution in [0.4, 0.5) is 5.69 Å². The van der Waals surface area contributed by atoms with Crippen LogP contribution in [0.25, 0.3) is 5.57 Å². The van der Waals surface area contributed by atoms with E-state index < -0.39 is 11.8 Å². The van der Waals surface area contributed by atoms with Crippen molar-refractivity contribution in [1.82, 2.24) is 5.32 Å². The maximum Gasteiger partial charge on any atom is 0.275 e. The number of ether oxygens (including phenoxy) is 1. The molecule has 0 fully saturated rings. The Morgan fingerprint density at radius 1 is 0.828 bits per heavy atom. The van der Waals surface area contributed by atoms with Gasteiger partial charge < -0.3 is 10.1 Å². The molecule has 0 atom stereocenters. The molecule has 0 aliphatic carbocycles. The topological polar surface area (TPSA) is 91.2 Å². The molecule has 0 radical (unpaired) electrons. The summed E-state index contributed by atoms with van der Waals surface area (Å²) in [5.74, 6) is 0.0990. The number of anilines is 1. The Balaban J connectivity index is 1.58. The van der Waals surface area contributed by atoms with E-state index in [4.69, 9.17) is 10.00 Å².